The predicted molar refractivity (Wildman–Crippen MR) is 86.2 cm³/mol. The van der Waals surface area contributed by atoms with Crippen molar-refractivity contribution in [3.63, 3.8) is 0 Å². The van der Waals surface area contributed by atoms with Crippen molar-refractivity contribution in [3.8, 4) is 0 Å². The number of aromatic nitrogens is 1. The van der Waals surface area contributed by atoms with E-state index in [1.54, 1.807) is 10.3 Å². The van der Waals surface area contributed by atoms with E-state index in [4.69, 9.17) is 0 Å². The summed E-state index contributed by atoms with van der Waals surface area (Å²) in [4.78, 5) is 26.7. The summed E-state index contributed by atoms with van der Waals surface area (Å²) in [6.07, 6.45) is 1.27. The Hall–Kier alpha value is -2.08. The molecule has 2 heterocycles. The highest BCUT2D eigenvalue weighted by molar-refractivity contribution is 7.03. The smallest absolute Gasteiger partial charge is 0.256 e. The fraction of sp³-hybridized carbons (Fsp3) is 0.353. The van der Waals surface area contributed by atoms with Crippen molar-refractivity contribution >= 4 is 23.2 Å². The first kappa shape index (κ1) is 15.8. The molecule has 0 bridgehead atoms. The molecule has 0 saturated carbocycles. The second-order valence-electron chi connectivity index (χ2n) is 5.75. The molecule has 1 aromatic heterocycles. The molecule has 6 heteroatoms. The number of ketones is 1. The molecule has 23 heavy (non-hydrogen) atoms. The molecule has 0 N–H and O–H groups in total. The van der Waals surface area contributed by atoms with Crippen LogP contribution in [0.3, 0.4) is 0 Å². The van der Waals surface area contributed by atoms with Crippen LogP contribution in [0.5, 0.6) is 0 Å². The molecule has 1 aromatic carbocycles. The Bertz CT molecular complexity index is 718. The monoisotopic (exact) mass is 332 g/mol. The molecule has 1 amide bonds. The number of amides is 1. The van der Waals surface area contributed by atoms with E-state index in [1.807, 2.05) is 6.92 Å². The maximum atomic E-state index is 12.9. The zero-order valence-corrected chi connectivity index (χ0v) is 13.6. The highest BCUT2D eigenvalue weighted by atomic mass is 32.1. The summed E-state index contributed by atoms with van der Waals surface area (Å²) in [6.45, 7) is 2.95. The van der Waals surface area contributed by atoms with Crippen molar-refractivity contribution in [2.24, 2.45) is 5.92 Å². The Morgan fingerprint density at radius 3 is 2.43 bits per heavy atom. The Kier molecular flexibility index (Phi) is 4.52. The fourth-order valence-electron chi connectivity index (χ4n) is 2.86. The van der Waals surface area contributed by atoms with E-state index in [1.165, 1.54) is 35.8 Å². The highest BCUT2D eigenvalue weighted by Crippen LogP contribution is 2.24. The van der Waals surface area contributed by atoms with Gasteiger partial charge in [-0.05, 0) is 55.6 Å². The van der Waals surface area contributed by atoms with Crippen LogP contribution in [-0.4, -0.2) is 34.1 Å². The lowest BCUT2D eigenvalue weighted by Gasteiger charge is -2.31. The minimum Gasteiger partial charge on any atom is -0.339 e. The minimum atomic E-state index is -0.346. The molecule has 120 valence electrons. The maximum absolute atomic E-state index is 12.9. The van der Waals surface area contributed by atoms with Crippen molar-refractivity contribution in [1.82, 2.24) is 9.27 Å². The van der Waals surface area contributed by atoms with Gasteiger partial charge in [-0.1, -0.05) is 0 Å². The molecule has 1 fully saturated rings. The number of hydrogen-bond donors (Lipinski definition) is 0. The number of carbonyl (C=O) groups is 2. The molecule has 2 aromatic rings. The predicted octanol–water partition coefficient (Wildman–Crippen LogP) is 3.33. The number of likely N-dealkylation sites (tertiary alicyclic amines) is 1. The molecule has 0 radical (unpaired) electrons. The van der Waals surface area contributed by atoms with Crippen LogP contribution in [-0.2, 0) is 0 Å². The molecule has 1 saturated heterocycles. The van der Waals surface area contributed by atoms with E-state index in [0.29, 0.717) is 37.1 Å². The molecule has 1 aliphatic rings. The van der Waals surface area contributed by atoms with Gasteiger partial charge in [0.25, 0.3) is 5.91 Å². The number of rotatable bonds is 3. The van der Waals surface area contributed by atoms with Crippen LogP contribution in [0.4, 0.5) is 4.39 Å². The number of carbonyl (C=O) groups excluding carboxylic acids is 2. The molecule has 4 nitrogen and oxygen atoms in total. The molecule has 0 spiro atoms. The molecule has 1 aliphatic heterocycles. The van der Waals surface area contributed by atoms with E-state index in [0.717, 1.165) is 5.69 Å². The van der Waals surface area contributed by atoms with E-state index in [-0.39, 0.29) is 23.4 Å². The van der Waals surface area contributed by atoms with Crippen LogP contribution >= 0.6 is 11.5 Å². The Labute approximate surface area is 138 Å². The van der Waals surface area contributed by atoms with Gasteiger partial charge >= 0.3 is 0 Å². The van der Waals surface area contributed by atoms with Gasteiger partial charge in [0.2, 0.25) is 0 Å². The zero-order valence-electron chi connectivity index (χ0n) is 12.8. The van der Waals surface area contributed by atoms with Gasteiger partial charge in [0.15, 0.2) is 5.78 Å². The van der Waals surface area contributed by atoms with E-state index >= 15 is 0 Å². The number of hydrogen-bond acceptors (Lipinski definition) is 4. The Balaban J connectivity index is 1.62. The highest BCUT2D eigenvalue weighted by Gasteiger charge is 2.29. The van der Waals surface area contributed by atoms with E-state index < -0.39 is 0 Å². The summed E-state index contributed by atoms with van der Waals surface area (Å²) in [7, 11) is 0. The van der Waals surface area contributed by atoms with Gasteiger partial charge in [-0.3, -0.25) is 9.59 Å². The average Bonchev–Trinajstić information content (AvgIpc) is 3.00. The van der Waals surface area contributed by atoms with Crippen LogP contribution < -0.4 is 0 Å². The van der Waals surface area contributed by atoms with Crippen LogP contribution in [0.15, 0.2) is 29.6 Å². The van der Waals surface area contributed by atoms with Gasteiger partial charge in [0.1, 0.15) is 5.82 Å². The normalized spacial score (nSPS) is 15.7. The number of Topliss-reactive ketones (excluding diaryl/α,β-unsaturated/α-hetero) is 1. The lowest BCUT2D eigenvalue weighted by molar-refractivity contribution is 0.0650. The quantitative estimate of drug-likeness (QED) is 0.810. The largest absolute Gasteiger partial charge is 0.339 e. The lowest BCUT2D eigenvalue weighted by Crippen LogP contribution is -2.40. The molecule has 0 aliphatic carbocycles. The van der Waals surface area contributed by atoms with Gasteiger partial charge in [-0.25, -0.2) is 4.39 Å². The number of aryl methyl sites for hydroxylation is 1. The number of nitrogens with zero attached hydrogens (tertiary/aromatic N) is 2. The third-order valence-electron chi connectivity index (χ3n) is 4.26. The Morgan fingerprint density at radius 1 is 1.22 bits per heavy atom. The van der Waals surface area contributed by atoms with Crippen LogP contribution in [0.1, 0.15) is 39.3 Å². The van der Waals surface area contributed by atoms with Crippen molar-refractivity contribution in [3.05, 3.63) is 52.3 Å². The maximum Gasteiger partial charge on any atom is 0.256 e. The minimum absolute atomic E-state index is 0.0102. The Morgan fingerprint density at radius 2 is 1.87 bits per heavy atom. The SMILES string of the molecule is Cc1nscc1C(=O)N1CCC(C(=O)c2ccc(F)cc2)CC1. The summed E-state index contributed by atoms with van der Waals surface area (Å²) >= 11 is 1.28. The molecule has 3 rings (SSSR count). The first-order valence-electron chi connectivity index (χ1n) is 7.56. The van der Waals surface area contributed by atoms with Gasteiger partial charge in [-0.15, -0.1) is 0 Å². The molecule has 0 atom stereocenters. The molecule has 0 unspecified atom stereocenters. The van der Waals surface area contributed by atoms with Crippen molar-refractivity contribution < 1.29 is 14.0 Å². The zero-order chi connectivity index (χ0) is 16.4. The summed E-state index contributed by atoms with van der Waals surface area (Å²) in [5.74, 6) is -0.428. The van der Waals surface area contributed by atoms with Crippen molar-refractivity contribution in [2.45, 2.75) is 19.8 Å². The van der Waals surface area contributed by atoms with Gasteiger partial charge in [0, 0.05) is 30.0 Å². The summed E-state index contributed by atoms with van der Waals surface area (Å²) in [5, 5.41) is 1.77. The third-order valence-corrected chi connectivity index (χ3v) is 4.98. The molecular weight excluding hydrogens is 315 g/mol. The van der Waals surface area contributed by atoms with Gasteiger partial charge in [0.05, 0.1) is 11.3 Å². The summed E-state index contributed by atoms with van der Waals surface area (Å²) in [6, 6.07) is 5.65. The number of piperidine rings is 1. The van der Waals surface area contributed by atoms with Crippen molar-refractivity contribution in [1.29, 1.82) is 0 Å². The summed E-state index contributed by atoms with van der Waals surface area (Å²) < 4.78 is 17.1. The van der Waals surface area contributed by atoms with Crippen LogP contribution in [0, 0.1) is 18.7 Å². The first-order valence-corrected chi connectivity index (χ1v) is 8.40. The van der Waals surface area contributed by atoms with Gasteiger partial charge in [-0.2, -0.15) is 4.37 Å². The van der Waals surface area contributed by atoms with E-state index in [9.17, 15) is 14.0 Å². The number of benzene rings is 1. The first-order chi connectivity index (χ1) is 11.1. The topological polar surface area (TPSA) is 50.3 Å². The van der Waals surface area contributed by atoms with E-state index in [2.05, 4.69) is 4.37 Å². The summed E-state index contributed by atoms with van der Waals surface area (Å²) in [5.41, 5.74) is 1.94. The number of halogens is 1. The standard InChI is InChI=1S/C17H17FN2O2S/c1-11-15(10-23-19-11)17(22)20-8-6-13(7-9-20)16(21)12-2-4-14(18)5-3-12/h2-5,10,13H,6-9H2,1H3. The lowest BCUT2D eigenvalue weighted by atomic mass is 9.88. The molecular formula is C17H17FN2O2S. The average molecular weight is 332 g/mol. The second-order valence-corrected chi connectivity index (χ2v) is 6.38. The van der Waals surface area contributed by atoms with Crippen molar-refractivity contribution in [2.75, 3.05) is 13.1 Å². The van der Waals surface area contributed by atoms with Crippen LogP contribution in [0.2, 0.25) is 0 Å². The second kappa shape index (κ2) is 6.58. The third kappa shape index (κ3) is 3.32. The van der Waals surface area contributed by atoms with Gasteiger partial charge < -0.3 is 4.90 Å². The fourth-order valence-corrected chi connectivity index (χ4v) is 3.55. The van der Waals surface area contributed by atoms with Crippen LogP contribution in [0.25, 0.3) is 0 Å².